The van der Waals surface area contributed by atoms with Crippen LogP contribution in [0, 0.1) is 0 Å². The molecule has 1 aromatic heterocycles. The molecule has 0 saturated heterocycles. The van der Waals surface area contributed by atoms with Gasteiger partial charge in [-0.15, -0.1) is 10.2 Å². The third kappa shape index (κ3) is 3.60. The van der Waals surface area contributed by atoms with E-state index in [4.69, 9.17) is 5.73 Å². The molecule has 0 saturated carbocycles. The minimum Gasteiger partial charge on any atom is -0.351 e. The van der Waals surface area contributed by atoms with E-state index in [0.717, 1.165) is 5.56 Å². The smallest absolute Gasteiger partial charge is 0.318 e. The second-order valence-corrected chi connectivity index (χ2v) is 5.65. The van der Waals surface area contributed by atoms with Crippen LogP contribution in [0.25, 0.3) is 11.4 Å². The number of urea groups is 1. The molecule has 0 radical (unpaired) electrons. The van der Waals surface area contributed by atoms with Crippen molar-refractivity contribution in [2.45, 2.75) is 17.3 Å². The molecule has 0 aliphatic heterocycles. The van der Waals surface area contributed by atoms with Crippen molar-refractivity contribution in [2.24, 2.45) is 12.8 Å². The topological polar surface area (TPSA) is 103 Å². The van der Waals surface area contributed by atoms with Crippen molar-refractivity contribution >= 4 is 23.7 Å². The van der Waals surface area contributed by atoms with Crippen LogP contribution < -0.4 is 11.1 Å². The summed E-state index contributed by atoms with van der Waals surface area (Å²) in [7, 11) is 1.82. The Kier molecular flexibility index (Phi) is 4.59. The zero-order valence-corrected chi connectivity index (χ0v) is 12.4. The maximum Gasteiger partial charge on any atom is 0.318 e. The highest BCUT2D eigenvalue weighted by Gasteiger charge is 2.20. The van der Waals surface area contributed by atoms with Crippen molar-refractivity contribution < 1.29 is 9.59 Å². The van der Waals surface area contributed by atoms with E-state index in [1.807, 2.05) is 42.7 Å². The number of aromatic nitrogens is 3. The first-order valence-corrected chi connectivity index (χ1v) is 7.08. The number of imide groups is 1. The van der Waals surface area contributed by atoms with Gasteiger partial charge in [-0.1, -0.05) is 42.1 Å². The monoisotopic (exact) mass is 305 g/mol. The Morgan fingerprint density at radius 1 is 1.29 bits per heavy atom. The number of hydrogen-bond acceptors (Lipinski definition) is 5. The highest BCUT2D eigenvalue weighted by atomic mass is 32.2. The first-order valence-electron chi connectivity index (χ1n) is 6.21. The standard InChI is InChI=1S/C13H15N5O2S/c1-8(11(19)15-12(14)20)21-13-17-16-10(18(13)2)9-6-4-3-5-7-9/h3-8H,1-2H3,(H3,14,15,19,20). The van der Waals surface area contributed by atoms with Gasteiger partial charge in [0.2, 0.25) is 5.91 Å². The van der Waals surface area contributed by atoms with E-state index in [1.54, 1.807) is 11.5 Å². The van der Waals surface area contributed by atoms with E-state index in [9.17, 15) is 9.59 Å². The molecule has 8 heteroatoms. The van der Waals surface area contributed by atoms with Crippen LogP contribution in [0.2, 0.25) is 0 Å². The zero-order valence-electron chi connectivity index (χ0n) is 11.6. The predicted octanol–water partition coefficient (Wildman–Crippen LogP) is 1.16. The molecule has 1 atom stereocenters. The van der Waals surface area contributed by atoms with E-state index in [-0.39, 0.29) is 0 Å². The number of primary amides is 1. The average molecular weight is 305 g/mol. The van der Waals surface area contributed by atoms with Gasteiger partial charge in [-0.2, -0.15) is 0 Å². The van der Waals surface area contributed by atoms with E-state index >= 15 is 0 Å². The third-order valence-corrected chi connectivity index (χ3v) is 3.90. The van der Waals surface area contributed by atoms with Crippen LogP contribution in [0.4, 0.5) is 4.79 Å². The summed E-state index contributed by atoms with van der Waals surface area (Å²) in [5, 5.41) is 10.3. The van der Waals surface area contributed by atoms with Gasteiger partial charge in [0.1, 0.15) is 0 Å². The Bertz CT molecular complexity index is 656. The molecule has 1 unspecified atom stereocenters. The SMILES string of the molecule is CC(Sc1nnc(-c2ccccc2)n1C)C(=O)NC(N)=O. The van der Waals surface area contributed by atoms with Gasteiger partial charge in [-0.25, -0.2) is 4.79 Å². The maximum absolute atomic E-state index is 11.7. The molecule has 3 amide bonds. The third-order valence-electron chi connectivity index (χ3n) is 2.76. The number of rotatable bonds is 4. The van der Waals surface area contributed by atoms with Crippen LogP contribution in [0.15, 0.2) is 35.5 Å². The molecular formula is C13H15N5O2S. The molecule has 0 fully saturated rings. The van der Waals surface area contributed by atoms with Crippen molar-refractivity contribution in [3.05, 3.63) is 30.3 Å². The summed E-state index contributed by atoms with van der Waals surface area (Å²) in [6.45, 7) is 1.67. The minimum atomic E-state index is -0.865. The molecule has 1 heterocycles. The van der Waals surface area contributed by atoms with Crippen LogP contribution >= 0.6 is 11.8 Å². The lowest BCUT2D eigenvalue weighted by atomic mass is 10.2. The fourth-order valence-electron chi connectivity index (χ4n) is 1.69. The van der Waals surface area contributed by atoms with Gasteiger partial charge in [0.25, 0.3) is 0 Å². The lowest BCUT2D eigenvalue weighted by Crippen LogP contribution is -2.39. The largest absolute Gasteiger partial charge is 0.351 e. The van der Waals surface area contributed by atoms with E-state index in [1.165, 1.54) is 11.8 Å². The number of hydrogen-bond donors (Lipinski definition) is 2. The Morgan fingerprint density at radius 2 is 1.95 bits per heavy atom. The summed E-state index contributed by atoms with van der Waals surface area (Å²) in [6.07, 6.45) is 0. The van der Waals surface area contributed by atoms with Crippen LogP contribution in [-0.2, 0) is 11.8 Å². The summed E-state index contributed by atoms with van der Waals surface area (Å²) in [5.74, 6) is 0.248. The van der Waals surface area contributed by atoms with Crippen molar-refractivity contribution in [1.82, 2.24) is 20.1 Å². The average Bonchev–Trinajstić information content (AvgIpc) is 2.80. The van der Waals surface area contributed by atoms with Gasteiger partial charge in [0.05, 0.1) is 5.25 Å². The summed E-state index contributed by atoms with van der Waals surface area (Å²) in [4.78, 5) is 22.3. The van der Waals surface area contributed by atoms with Gasteiger partial charge in [0, 0.05) is 12.6 Å². The minimum absolute atomic E-state index is 0.461. The van der Waals surface area contributed by atoms with Gasteiger partial charge < -0.3 is 10.3 Å². The molecule has 0 bridgehead atoms. The second kappa shape index (κ2) is 6.40. The highest BCUT2D eigenvalue weighted by Crippen LogP contribution is 2.25. The molecule has 1 aromatic carbocycles. The number of nitrogens with zero attached hydrogens (tertiary/aromatic N) is 3. The van der Waals surface area contributed by atoms with Crippen LogP contribution in [-0.4, -0.2) is 32.0 Å². The van der Waals surface area contributed by atoms with Crippen molar-refractivity contribution in [3.63, 3.8) is 0 Å². The van der Waals surface area contributed by atoms with E-state index in [0.29, 0.717) is 11.0 Å². The molecule has 0 spiro atoms. The van der Waals surface area contributed by atoms with E-state index in [2.05, 4.69) is 10.2 Å². The number of benzene rings is 1. The van der Waals surface area contributed by atoms with Gasteiger partial charge >= 0.3 is 6.03 Å². The number of nitrogens with one attached hydrogen (secondary N) is 1. The van der Waals surface area contributed by atoms with Gasteiger partial charge in [-0.3, -0.25) is 10.1 Å². The molecule has 21 heavy (non-hydrogen) atoms. The first-order chi connectivity index (χ1) is 9.99. The number of thioether (sulfide) groups is 1. The predicted molar refractivity (Wildman–Crippen MR) is 79.5 cm³/mol. The number of carbonyl (C=O) groups excluding carboxylic acids is 2. The number of amides is 3. The lowest BCUT2D eigenvalue weighted by Gasteiger charge is -2.09. The molecule has 2 aromatic rings. The van der Waals surface area contributed by atoms with Crippen LogP contribution in [0.5, 0.6) is 0 Å². The lowest BCUT2D eigenvalue weighted by molar-refractivity contribution is -0.119. The van der Waals surface area contributed by atoms with Crippen molar-refractivity contribution in [2.75, 3.05) is 0 Å². The highest BCUT2D eigenvalue weighted by molar-refractivity contribution is 8.00. The first kappa shape index (κ1) is 15.0. The normalized spacial score (nSPS) is 11.9. The fraction of sp³-hybridized carbons (Fsp3) is 0.231. The molecule has 3 N–H and O–H groups in total. The maximum atomic E-state index is 11.7. The number of nitrogens with two attached hydrogens (primary N) is 1. The van der Waals surface area contributed by atoms with Crippen LogP contribution in [0.3, 0.4) is 0 Å². The Balaban J connectivity index is 2.14. The molecule has 0 aliphatic carbocycles. The molecule has 0 aliphatic rings. The van der Waals surface area contributed by atoms with Crippen LogP contribution in [0.1, 0.15) is 6.92 Å². The van der Waals surface area contributed by atoms with Crippen molar-refractivity contribution in [3.8, 4) is 11.4 Å². The molecule has 7 nitrogen and oxygen atoms in total. The molecular weight excluding hydrogens is 290 g/mol. The summed E-state index contributed by atoms with van der Waals surface area (Å²) in [5.41, 5.74) is 5.86. The van der Waals surface area contributed by atoms with Gasteiger partial charge in [0.15, 0.2) is 11.0 Å². The number of carbonyl (C=O) groups is 2. The fourth-order valence-corrected chi connectivity index (χ4v) is 2.51. The summed E-state index contributed by atoms with van der Waals surface area (Å²) >= 11 is 1.21. The van der Waals surface area contributed by atoms with Gasteiger partial charge in [-0.05, 0) is 6.92 Å². The quantitative estimate of drug-likeness (QED) is 0.825. The van der Waals surface area contributed by atoms with Crippen molar-refractivity contribution in [1.29, 1.82) is 0 Å². The Morgan fingerprint density at radius 3 is 2.57 bits per heavy atom. The second-order valence-electron chi connectivity index (χ2n) is 4.34. The zero-order chi connectivity index (χ0) is 15.4. The Labute approximate surface area is 125 Å². The Hall–Kier alpha value is -2.35. The summed E-state index contributed by atoms with van der Waals surface area (Å²) in [6, 6.07) is 8.75. The van der Waals surface area contributed by atoms with E-state index < -0.39 is 17.2 Å². The molecule has 2 rings (SSSR count). The summed E-state index contributed by atoms with van der Waals surface area (Å²) < 4.78 is 1.80. The molecule has 110 valence electrons.